The van der Waals surface area contributed by atoms with Gasteiger partial charge in [-0.25, -0.2) is 17.6 Å². The van der Waals surface area contributed by atoms with Crippen molar-refractivity contribution in [2.75, 3.05) is 4.31 Å². The van der Waals surface area contributed by atoms with E-state index in [1.165, 1.54) is 36.4 Å². The molecule has 27 heavy (non-hydrogen) atoms. The van der Waals surface area contributed by atoms with Crippen LogP contribution in [-0.2, 0) is 16.6 Å². The van der Waals surface area contributed by atoms with Gasteiger partial charge in [-0.1, -0.05) is 36.4 Å². The number of halogens is 1. The Bertz CT molecular complexity index is 1050. The molecule has 0 unspecified atom stereocenters. The van der Waals surface area contributed by atoms with Crippen LogP contribution in [0.2, 0.25) is 0 Å². The number of carboxylic acid groups (broad SMARTS) is 1. The van der Waals surface area contributed by atoms with Gasteiger partial charge in [-0.05, 0) is 48.0 Å². The number of hydrogen-bond donors (Lipinski definition) is 1. The molecule has 0 saturated heterocycles. The van der Waals surface area contributed by atoms with Gasteiger partial charge in [0.05, 0.1) is 22.7 Å². The number of aromatic carboxylic acids is 1. The first-order chi connectivity index (χ1) is 12.9. The van der Waals surface area contributed by atoms with Crippen molar-refractivity contribution in [3.8, 4) is 0 Å². The first-order valence-electron chi connectivity index (χ1n) is 8.03. The molecule has 5 nitrogen and oxygen atoms in total. The molecule has 0 bridgehead atoms. The standard InChI is InChI=1S/C20H16FNO4S/c21-17-9-11-19(12-10-17)27(25,26)22(14-15-5-2-1-3-6-15)18-8-4-7-16(13-18)20(23)24/h1-13H,14H2,(H,23,24). The monoisotopic (exact) mass is 385 g/mol. The van der Waals surface area contributed by atoms with Crippen molar-refractivity contribution >= 4 is 21.7 Å². The van der Waals surface area contributed by atoms with E-state index < -0.39 is 21.8 Å². The van der Waals surface area contributed by atoms with Gasteiger partial charge in [0, 0.05) is 0 Å². The van der Waals surface area contributed by atoms with Crippen LogP contribution in [0.5, 0.6) is 0 Å². The fourth-order valence-electron chi connectivity index (χ4n) is 2.59. The van der Waals surface area contributed by atoms with Gasteiger partial charge in [-0.2, -0.15) is 0 Å². The number of carbonyl (C=O) groups is 1. The van der Waals surface area contributed by atoms with Gasteiger partial charge in [-0.15, -0.1) is 0 Å². The largest absolute Gasteiger partial charge is 0.478 e. The molecule has 0 atom stereocenters. The first-order valence-corrected chi connectivity index (χ1v) is 9.47. The zero-order chi connectivity index (χ0) is 19.4. The third-order valence-corrected chi connectivity index (χ3v) is 5.74. The fourth-order valence-corrected chi connectivity index (χ4v) is 4.04. The highest BCUT2D eigenvalue weighted by Gasteiger charge is 2.26. The summed E-state index contributed by atoms with van der Waals surface area (Å²) in [4.78, 5) is 11.2. The van der Waals surface area contributed by atoms with Crippen LogP contribution in [0.4, 0.5) is 10.1 Å². The van der Waals surface area contributed by atoms with Crippen LogP contribution in [0.25, 0.3) is 0 Å². The molecule has 0 aromatic heterocycles. The average molecular weight is 385 g/mol. The van der Waals surface area contributed by atoms with Gasteiger partial charge in [0.2, 0.25) is 0 Å². The number of rotatable bonds is 6. The van der Waals surface area contributed by atoms with Crippen molar-refractivity contribution in [1.82, 2.24) is 0 Å². The lowest BCUT2D eigenvalue weighted by Gasteiger charge is -2.25. The second kappa shape index (κ2) is 7.59. The molecule has 0 amide bonds. The van der Waals surface area contributed by atoms with E-state index in [9.17, 15) is 22.7 Å². The molecule has 0 radical (unpaired) electrons. The number of sulfonamides is 1. The summed E-state index contributed by atoms with van der Waals surface area (Å²) >= 11 is 0. The molecule has 7 heteroatoms. The van der Waals surface area contributed by atoms with E-state index in [2.05, 4.69) is 0 Å². The normalized spacial score (nSPS) is 11.1. The van der Waals surface area contributed by atoms with Crippen LogP contribution in [0.15, 0.2) is 83.8 Å². The predicted molar refractivity (Wildman–Crippen MR) is 99.6 cm³/mol. The number of hydrogen-bond acceptors (Lipinski definition) is 3. The molecule has 3 aromatic rings. The van der Waals surface area contributed by atoms with E-state index in [-0.39, 0.29) is 22.7 Å². The zero-order valence-electron chi connectivity index (χ0n) is 14.1. The van der Waals surface area contributed by atoms with E-state index in [1.54, 1.807) is 24.3 Å². The third kappa shape index (κ3) is 4.15. The SMILES string of the molecule is O=C(O)c1cccc(N(Cc2ccccc2)S(=O)(=O)c2ccc(F)cc2)c1. The molecule has 1 N–H and O–H groups in total. The zero-order valence-corrected chi connectivity index (χ0v) is 14.9. The molecule has 0 aliphatic rings. The highest BCUT2D eigenvalue weighted by Crippen LogP contribution is 2.27. The van der Waals surface area contributed by atoms with Crippen molar-refractivity contribution in [3.63, 3.8) is 0 Å². The van der Waals surface area contributed by atoms with E-state index >= 15 is 0 Å². The summed E-state index contributed by atoms with van der Waals surface area (Å²) in [7, 11) is -4.04. The Kier molecular flexibility index (Phi) is 5.23. The van der Waals surface area contributed by atoms with Crippen molar-refractivity contribution in [3.05, 3.63) is 95.8 Å². The molecular weight excluding hydrogens is 369 g/mol. The molecule has 0 fully saturated rings. The molecule has 0 aliphatic heterocycles. The Morgan fingerprint density at radius 3 is 2.22 bits per heavy atom. The lowest BCUT2D eigenvalue weighted by molar-refractivity contribution is 0.0697. The maximum atomic E-state index is 13.2. The number of carboxylic acids is 1. The quantitative estimate of drug-likeness (QED) is 0.698. The van der Waals surface area contributed by atoms with Crippen LogP contribution in [0.1, 0.15) is 15.9 Å². The Balaban J connectivity index is 2.11. The van der Waals surface area contributed by atoms with Gasteiger partial charge in [-0.3, -0.25) is 4.31 Å². The van der Waals surface area contributed by atoms with Crippen molar-refractivity contribution in [2.24, 2.45) is 0 Å². The summed E-state index contributed by atoms with van der Waals surface area (Å²) in [5, 5.41) is 9.22. The molecular formula is C20H16FNO4S. The predicted octanol–water partition coefficient (Wildman–Crippen LogP) is 3.92. The lowest BCUT2D eigenvalue weighted by atomic mass is 10.2. The van der Waals surface area contributed by atoms with Gasteiger partial charge in [0.1, 0.15) is 5.82 Å². The minimum Gasteiger partial charge on any atom is -0.478 e. The first kappa shape index (κ1) is 18.6. The topological polar surface area (TPSA) is 74.7 Å². The number of benzene rings is 3. The van der Waals surface area contributed by atoms with Gasteiger partial charge in [0.15, 0.2) is 0 Å². The summed E-state index contributed by atoms with van der Waals surface area (Å²) in [6, 6.07) is 19.1. The van der Waals surface area contributed by atoms with E-state index in [0.29, 0.717) is 0 Å². The minimum atomic E-state index is -4.04. The van der Waals surface area contributed by atoms with Crippen LogP contribution < -0.4 is 4.31 Å². The van der Waals surface area contributed by atoms with Gasteiger partial charge in [0.25, 0.3) is 10.0 Å². The molecule has 3 aromatic carbocycles. The summed E-state index contributed by atoms with van der Waals surface area (Å²) in [5.41, 5.74) is 0.909. The molecule has 138 valence electrons. The number of nitrogens with zero attached hydrogens (tertiary/aromatic N) is 1. The van der Waals surface area contributed by atoms with Crippen LogP contribution in [0.3, 0.4) is 0 Å². The van der Waals surface area contributed by atoms with Crippen molar-refractivity contribution in [2.45, 2.75) is 11.4 Å². The molecule has 3 rings (SSSR count). The van der Waals surface area contributed by atoms with Crippen LogP contribution >= 0.6 is 0 Å². The summed E-state index contributed by atoms with van der Waals surface area (Å²) in [6.07, 6.45) is 0. The number of anilines is 1. The summed E-state index contributed by atoms with van der Waals surface area (Å²) in [5.74, 6) is -1.70. The van der Waals surface area contributed by atoms with Gasteiger partial charge < -0.3 is 5.11 Å². The van der Waals surface area contributed by atoms with E-state index in [4.69, 9.17) is 0 Å². The van der Waals surface area contributed by atoms with Crippen molar-refractivity contribution < 1.29 is 22.7 Å². The van der Waals surface area contributed by atoms with Crippen LogP contribution in [-0.4, -0.2) is 19.5 Å². The average Bonchev–Trinajstić information content (AvgIpc) is 2.67. The Morgan fingerprint density at radius 2 is 1.59 bits per heavy atom. The second-order valence-electron chi connectivity index (χ2n) is 5.81. The molecule has 0 heterocycles. The third-order valence-electron chi connectivity index (χ3n) is 3.95. The molecule has 0 aliphatic carbocycles. The fraction of sp³-hybridized carbons (Fsp3) is 0.0500. The smallest absolute Gasteiger partial charge is 0.335 e. The Labute approximate surface area is 156 Å². The maximum absolute atomic E-state index is 13.2. The van der Waals surface area contributed by atoms with Crippen LogP contribution in [0, 0.1) is 5.82 Å². The Hall–Kier alpha value is -3.19. The molecule has 0 spiro atoms. The summed E-state index contributed by atoms with van der Waals surface area (Å²) < 4.78 is 40.7. The summed E-state index contributed by atoms with van der Waals surface area (Å²) in [6.45, 7) is 0.00359. The minimum absolute atomic E-state index is 0.00359. The van der Waals surface area contributed by atoms with Crippen molar-refractivity contribution in [1.29, 1.82) is 0 Å². The lowest BCUT2D eigenvalue weighted by Crippen LogP contribution is -2.30. The highest BCUT2D eigenvalue weighted by atomic mass is 32.2. The Morgan fingerprint density at radius 1 is 0.926 bits per heavy atom. The van der Waals surface area contributed by atoms with E-state index in [0.717, 1.165) is 22.0 Å². The van der Waals surface area contributed by atoms with E-state index in [1.807, 2.05) is 6.07 Å². The van der Waals surface area contributed by atoms with Gasteiger partial charge >= 0.3 is 5.97 Å². The maximum Gasteiger partial charge on any atom is 0.335 e. The highest BCUT2D eigenvalue weighted by molar-refractivity contribution is 7.92. The molecule has 0 saturated carbocycles. The second-order valence-corrected chi connectivity index (χ2v) is 7.67.